The molecule has 0 amide bonds. The molecular weight excluding hydrogens is 312 g/mol. The van der Waals surface area contributed by atoms with Crippen LogP contribution in [0.4, 0.5) is 5.69 Å². The van der Waals surface area contributed by atoms with Crippen molar-refractivity contribution in [3.05, 3.63) is 46.7 Å². The minimum absolute atomic E-state index is 0.116. The maximum atomic E-state index is 12.3. The van der Waals surface area contributed by atoms with E-state index in [2.05, 4.69) is 4.72 Å². The monoisotopic (exact) mass is 328 g/mol. The number of aryl methyl sites for hydroxylation is 2. The van der Waals surface area contributed by atoms with Gasteiger partial charge in [-0.25, -0.2) is 8.42 Å². The lowest BCUT2D eigenvalue weighted by molar-refractivity contribution is 0.271. The third-order valence-electron chi connectivity index (χ3n) is 3.20. The van der Waals surface area contributed by atoms with E-state index in [1.165, 1.54) is 12.3 Å². The predicted octanol–water partition coefficient (Wildman–Crippen LogP) is 2.76. The molecule has 1 aromatic carbocycles. The van der Waals surface area contributed by atoms with Crippen LogP contribution in [0.2, 0.25) is 5.02 Å². The number of hydrogen-bond acceptors (Lipinski definition) is 3. The van der Waals surface area contributed by atoms with Gasteiger partial charge < -0.3 is 9.67 Å². The Bertz CT molecular complexity index is 732. The Hall–Kier alpha value is -1.50. The fourth-order valence-corrected chi connectivity index (χ4v) is 3.26. The normalized spacial score (nSPS) is 11.6. The summed E-state index contributed by atoms with van der Waals surface area (Å²) in [6, 6.07) is 6.43. The molecule has 0 unspecified atom stereocenters. The molecular formula is C14H17ClN2O3S. The zero-order valence-corrected chi connectivity index (χ0v) is 13.4. The molecule has 7 heteroatoms. The van der Waals surface area contributed by atoms with Crippen molar-refractivity contribution in [2.75, 3.05) is 4.72 Å². The van der Waals surface area contributed by atoms with E-state index in [1.807, 2.05) is 13.8 Å². The molecule has 0 saturated heterocycles. The molecule has 0 aliphatic carbocycles. The van der Waals surface area contributed by atoms with E-state index in [0.717, 1.165) is 5.56 Å². The summed E-state index contributed by atoms with van der Waals surface area (Å²) in [5.41, 5.74) is 1.83. The van der Waals surface area contributed by atoms with Gasteiger partial charge in [0.1, 0.15) is 4.90 Å². The Morgan fingerprint density at radius 2 is 2.05 bits per heavy atom. The highest BCUT2D eigenvalue weighted by Gasteiger charge is 2.18. The van der Waals surface area contributed by atoms with Crippen LogP contribution >= 0.6 is 11.6 Å². The van der Waals surface area contributed by atoms with E-state index in [1.54, 1.807) is 22.8 Å². The Morgan fingerprint density at radius 1 is 1.33 bits per heavy atom. The van der Waals surface area contributed by atoms with Crippen LogP contribution in [0.1, 0.15) is 18.2 Å². The number of aliphatic hydroxyl groups excluding tert-OH is 1. The summed E-state index contributed by atoms with van der Waals surface area (Å²) in [6.45, 7) is 4.10. The molecule has 21 heavy (non-hydrogen) atoms. The molecule has 0 spiro atoms. The van der Waals surface area contributed by atoms with Crippen molar-refractivity contribution < 1.29 is 13.5 Å². The van der Waals surface area contributed by atoms with E-state index in [0.29, 0.717) is 22.9 Å². The highest BCUT2D eigenvalue weighted by atomic mass is 35.5. The van der Waals surface area contributed by atoms with Crippen LogP contribution < -0.4 is 4.72 Å². The van der Waals surface area contributed by atoms with Gasteiger partial charge >= 0.3 is 0 Å². The van der Waals surface area contributed by atoms with E-state index < -0.39 is 10.0 Å². The number of aromatic nitrogens is 1. The third kappa shape index (κ3) is 3.40. The van der Waals surface area contributed by atoms with Gasteiger partial charge in [-0.2, -0.15) is 0 Å². The quantitative estimate of drug-likeness (QED) is 0.886. The number of aliphatic hydroxyl groups is 1. The van der Waals surface area contributed by atoms with Crippen molar-refractivity contribution in [1.82, 2.24) is 4.57 Å². The summed E-state index contributed by atoms with van der Waals surface area (Å²) >= 11 is 5.99. The first-order valence-electron chi connectivity index (χ1n) is 6.46. The van der Waals surface area contributed by atoms with Crippen molar-refractivity contribution in [2.45, 2.75) is 31.9 Å². The molecule has 5 nitrogen and oxygen atoms in total. The average Bonchev–Trinajstić information content (AvgIpc) is 2.86. The number of hydrogen-bond donors (Lipinski definition) is 2. The Labute approximate surface area is 129 Å². The lowest BCUT2D eigenvalue weighted by Crippen LogP contribution is -2.12. The summed E-state index contributed by atoms with van der Waals surface area (Å²) in [7, 11) is -3.71. The van der Waals surface area contributed by atoms with Gasteiger partial charge in [0, 0.05) is 23.5 Å². The summed E-state index contributed by atoms with van der Waals surface area (Å²) < 4.78 is 28.9. The van der Waals surface area contributed by atoms with Gasteiger partial charge in [0.15, 0.2) is 0 Å². The number of nitrogens with one attached hydrogen (secondary N) is 1. The number of halogens is 1. The van der Waals surface area contributed by atoms with E-state index in [-0.39, 0.29) is 11.5 Å². The lowest BCUT2D eigenvalue weighted by Gasteiger charge is -2.07. The molecule has 2 rings (SSSR count). The van der Waals surface area contributed by atoms with Crippen molar-refractivity contribution in [3.63, 3.8) is 0 Å². The topological polar surface area (TPSA) is 71.3 Å². The largest absolute Gasteiger partial charge is 0.390 e. The van der Waals surface area contributed by atoms with Crippen LogP contribution in [0, 0.1) is 6.92 Å². The molecule has 1 aromatic heterocycles. The first-order valence-corrected chi connectivity index (χ1v) is 8.32. The number of anilines is 1. The Kier molecular flexibility index (Phi) is 4.61. The first kappa shape index (κ1) is 15.9. The molecule has 0 aliphatic heterocycles. The zero-order chi connectivity index (χ0) is 15.6. The van der Waals surface area contributed by atoms with Crippen molar-refractivity contribution in [2.24, 2.45) is 0 Å². The summed E-state index contributed by atoms with van der Waals surface area (Å²) in [4.78, 5) is 0.116. The molecule has 0 atom stereocenters. The first-order chi connectivity index (χ1) is 9.87. The van der Waals surface area contributed by atoms with Gasteiger partial charge in [0.2, 0.25) is 0 Å². The second-order valence-electron chi connectivity index (χ2n) is 4.68. The summed E-state index contributed by atoms with van der Waals surface area (Å²) in [5.74, 6) is 0. The number of nitrogens with zero attached hydrogens (tertiary/aromatic N) is 1. The fourth-order valence-electron chi connectivity index (χ4n) is 1.97. The second kappa shape index (κ2) is 6.09. The molecule has 0 aliphatic rings. The Balaban J connectivity index is 2.33. The second-order valence-corrected chi connectivity index (χ2v) is 6.77. The molecule has 2 aromatic rings. The van der Waals surface area contributed by atoms with Crippen molar-refractivity contribution >= 4 is 27.3 Å². The van der Waals surface area contributed by atoms with Gasteiger partial charge in [-0.15, -0.1) is 0 Å². The molecule has 2 N–H and O–H groups in total. The van der Waals surface area contributed by atoms with Crippen LogP contribution in [0.5, 0.6) is 0 Å². The maximum Gasteiger partial charge on any atom is 0.263 e. The molecule has 0 radical (unpaired) electrons. The van der Waals surface area contributed by atoms with Gasteiger partial charge in [0.05, 0.1) is 12.3 Å². The lowest BCUT2D eigenvalue weighted by atomic mass is 10.2. The van der Waals surface area contributed by atoms with Crippen molar-refractivity contribution in [3.8, 4) is 0 Å². The number of benzene rings is 1. The minimum atomic E-state index is -3.71. The van der Waals surface area contributed by atoms with Gasteiger partial charge in [-0.1, -0.05) is 17.7 Å². The highest BCUT2D eigenvalue weighted by Crippen LogP contribution is 2.23. The molecule has 1 heterocycles. The highest BCUT2D eigenvalue weighted by molar-refractivity contribution is 7.92. The van der Waals surface area contributed by atoms with Crippen LogP contribution in [0.25, 0.3) is 0 Å². The summed E-state index contributed by atoms with van der Waals surface area (Å²) in [5, 5.41) is 9.73. The van der Waals surface area contributed by atoms with E-state index in [9.17, 15) is 13.5 Å². The standard InChI is InChI=1S/C14H17ClN2O3S/c1-3-17-8-13(7-12(17)9-18)21(19,20)16-11-5-4-10(2)14(15)6-11/h4-8,16,18H,3,9H2,1-2H3. The van der Waals surface area contributed by atoms with Gasteiger partial charge in [0.25, 0.3) is 10.0 Å². The molecule has 0 saturated carbocycles. The number of rotatable bonds is 5. The van der Waals surface area contributed by atoms with Gasteiger partial charge in [-0.05, 0) is 37.6 Å². The minimum Gasteiger partial charge on any atom is -0.390 e. The summed E-state index contributed by atoms with van der Waals surface area (Å²) in [6.07, 6.45) is 1.50. The SMILES string of the molecule is CCn1cc(S(=O)(=O)Nc2ccc(C)c(Cl)c2)cc1CO. The predicted molar refractivity (Wildman–Crippen MR) is 83.0 cm³/mol. The van der Waals surface area contributed by atoms with Crippen LogP contribution in [0.15, 0.2) is 35.4 Å². The smallest absolute Gasteiger partial charge is 0.263 e. The maximum absolute atomic E-state index is 12.3. The van der Waals surface area contributed by atoms with Gasteiger partial charge in [-0.3, -0.25) is 4.72 Å². The Morgan fingerprint density at radius 3 is 2.57 bits per heavy atom. The van der Waals surface area contributed by atoms with Crippen LogP contribution in [-0.2, 0) is 23.2 Å². The van der Waals surface area contributed by atoms with E-state index >= 15 is 0 Å². The van der Waals surface area contributed by atoms with E-state index in [4.69, 9.17) is 11.6 Å². The molecule has 114 valence electrons. The molecule has 0 fully saturated rings. The molecule has 0 bridgehead atoms. The average molecular weight is 329 g/mol. The van der Waals surface area contributed by atoms with Crippen molar-refractivity contribution in [1.29, 1.82) is 0 Å². The fraction of sp³-hybridized carbons (Fsp3) is 0.286. The van der Waals surface area contributed by atoms with Crippen LogP contribution in [-0.4, -0.2) is 18.1 Å². The van der Waals surface area contributed by atoms with Crippen LogP contribution in [0.3, 0.4) is 0 Å². The number of sulfonamides is 1. The third-order valence-corrected chi connectivity index (χ3v) is 4.95. The zero-order valence-electron chi connectivity index (χ0n) is 11.8.